The van der Waals surface area contributed by atoms with E-state index in [0.717, 1.165) is 13.2 Å². The number of aromatic nitrogens is 5. The second kappa shape index (κ2) is 19.1. The quantitative estimate of drug-likeness (QED) is 0.108. The number of benzene rings is 2. The molecule has 0 atom stereocenters. The first kappa shape index (κ1) is 36.8. The summed E-state index contributed by atoms with van der Waals surface area (Å²) >= 11 is 0. The number of hydrogen-bond acceptors (Lipinski definition) is 12. The molecule has 0 radical (unpaired) electrons. The lowest BCUT2D eigenvalue weighted by Gasteiger charge is -2.20. The molecule has 0 spiro atoms. The van der Waals surface area contributed by atoms with Crippen LogP contribution in [0.4, 0.5) is 5.95 Å². The summed E-state index contributed by atoms with van der Waals surface area (Å²) in [5, 5.41) is 35.6. The molecule has 0 saturated heterocycles. The van der Waals surface area contributed by atoms with Gasteiger partial charge in [-0.25, -0.2) is 4.98 Å². The molecule has 5 rings (SSSR count). The molecule has 0 saturated carbocycles. The van der Waals surface area contributed by atoms with Gasteiger partial charge in [-0.2, -0.15) is 4.98 Å². The Morgan fingerprint density at radius 1 is 0.957 bits per heavy atom. The molecule has 0 aliphatic heterocycles. The molecule has 0 amide bonds. The van der Waals surface area contributed by atoms with Crippen molar-refractivity contribution in [1.82, 2.24) is 29.4 Å². The van der Waals surface area contributed by atoms with Crippen LogP contribution >= 0.6 is 0 Å². The number of aliphatic hydroxyl groups excluding tert-OH is 3. The zero-order chi connectivity index (χ0) is 34.2. The van der Waals surface area contributed by atoms with Crippen molar-refractivity contribution < 1.29 is 29.9 Å². The Morgan fingerprint density at radius 2 is 1.60 bits per heavy atom. The van der Waals surface area contributed by atoms with E-state index in [9.17, 15) is 9.90 Å². The minimum atomic E-state index is -0.386. The zero-order valence-electron chi connectivity index (χ0n) is 26.8. The normalized spacial score (nSPS) is 10.9. The van der Waals surface area contributed by atoms with Gasteiger partial charge in [0.15, 0.2) is 11.2 Å². The third kappa shape index (κ3) is 11.0. The van der Waals surface area contributed by atoms with Crippen LogP contribution in [0.15, 0.2) is 78.0 Å². The molecule has 0 aliphatic carbocycles. The first-order chi connectivity index (χ1) is 22.7. The zero-order valence-corrected chi connectivity index (χ0v) is 26.8. The summed E-state index contributed by atoms with van der Waals surface area (Å²) in [5.74, 6) is -0.00884. The maximum atomic E-state index is 11.4. The van der Waals surface area contributed by atoms with Gasteiger partial charge < -0.3 is 40.5 Å². The smallest absolute Gasteiger partial charge is 0.280 e. The van der Waals surface area contributed by atoms with E-state index >= 15 is 0 Å². The van der Waals surface area contributed by atoms with Gasteiger partial charge in [0.1, 0.15) is 18.6 Å². The van der Waals surface area contributed by atoms with Crippen LogP contribution in [0.3, 0.4) is 0 Å². The highest BCUT2D eigenvalue weighted by Gasteiger charge is 2.14. The Kier molecular flexibility index (Phi) is 14.9. The van der Waals surface area contributed by atoms with Gasteiger partial charge >= 0.3 is 0 Å². The third-order valence-electron chi connectivity index (χ3n) is 6.75. The van der Waals surface area contributed by atoms with E-state index in [0.29, 0.717) is 22.5 Å². The summed E-state index contributed by atoms with van der Waals surface area (Å²) in [7, 11) is 4.12. The number of nitrogens with two attached hydrogens (primary N) is 1. The summed E-state index contributed by atoms with van der Waals surface area (Å²) in [6.45, 7) is 3.07. The maximum absolute atomic E-state index is 11.4. The fraction of sp³-hybridized carbons (Fsp3) is 0.333. The minimum absolute atomic E-state index is 0.0161. The number of likely N-dealkylation sites (N-methyl/N-ethyl adjacent to an activating group) is 1. The number of ether oxygens (including phenoxy) is 2. The van der Waals surface area contributed by atoms with Crippen LogP contribution in [0, 0.1) is 6.92 Å². The summed E-state index contributed by atoms with van der Waals surface area (Å²) in [5.41, 5.74) is 9.27. The van der Waals surface area contributed by atoms with Crippen LogP contribution in [-0.2, 0) is 29.4 Å². The van der Waals surface area contributed by atoms with Crippen molar-refractivity contribution in [3.05, 3.63) is 111 Å². The molecule has 3 aromatic heterocycles. The number of hydrogen-bond donors (Lipinski definition) is 6. The first-order valence-corrected chi connectivity index (χ1v) is 14.8. The maximum Gasteiger partial charge on any atom is 0.280 e. The van der Waals surface area contributed by atoms with Crippen LogP contribution in [0.5, 0.6) is 5.75 Å². The van der Waals surface area contributed by atoms with Crippen LogP contribution in [0.2, 0.25) is 0 Å². The van der Waals surface area contributed by atoms with Crippen molar-refractivity contribution in [2.75, 3.05) is 46.2 Å². The fourth-order valence-electron chi connectivity index (χ4n) is 4.28. The van der Waals surface area contributed by atoms with Gasteiger partial charge in [-0.05, 0) is 32.1 Å². The fourth-order valence-corrected chi connectivity index (χ4v) is 4.28. The van der Waals surface area contributed by atoms with Gasteiger partial charge in [-0.15, -0.1) is 0 Å². The number of rotatable bonds is 12. The van der Waals surface area contributed by atoms with E-state index in [1.807, 2.05) is 12.1 Å². The molecule has 0 fully saturated rings. The largest absolute Gasteiger partial charge is 0.506 e. The molecule has 3 heterocycles. The molecule has 252 valence electrons. The average Bonchev–Trinajstić information content (AvgIpc) is 3.48. The van der Waals surface area contributed by atoms with Crippen LogP contribution in [0.1, 0.15) is 34.1 Å². The van der Waals surface area contributed by atoms with Gasteiger partial charge in [0.05, 0.1) is 45.1 Å². The Labute approximate surface area is 272 Å². The number of fused-ring (bicyclic) bond motifs is 1. The standard InChI is InChI=1S/C17H21NO.C8H11N5O3.C8H11NO3/c1-18(2)13-14-19-17(15-9-5-3-6-10-15)16-11-7-4-8-12-16;9-8-11-6-5(7(15)12-8)10-3-13(6)4-16-2-1-14;1-5-8(12)7(4-11)6(3-10)2-9-5/h3-12,17H,13-14H2,1-2H3;3,14H,1-2,4H2,(H3,9,11,12,15);2,10-12H,3-4H2,1H3. The highest BCUT2D eigenvalue weighted by Crippen LogP contribution is 2.25. The molecule has 47 heavy (non-hydrogen) atoms. The van der Waals surface area contributed by atoms with Gasteiger partial charge in [0.2, 0.25) is 5.95 Å². The molecule has 14 nitrogen and oxygen atoms in total. The number of nitrogens with zero attached hydrogens (tertiary/aromatic N) is 5. The number of pyridine rings is 1. The van der Waals surface area contributed by atoms with Crippen LogP contribution in [0.25, 0.3) is 11.2 Å². The minimum Gasteiger partial charge on any atom is -0.506 e. The lowest BCUT2D eigenvalue weighted by Crippen LogP contribution is -2.20. The number of aromatic hydroxyl groups is 1. The summed E-state index contributed by atoms with van der Waals surface area (Å²) in [6.07, 6.45) is 2.90. The Bertz CT molecular complexity index is 1660. The number of anilines is 1. The van der Waals surface area contributed by atoms with E-state index in [-0.39, 0.29) is 62.0 Å². The Morgan fingerprint density at radius 3 is 2.15 bits per heavy atom. The van der Waals surface area contributed by atoms with Crippen molar-refractivity contribution in [3.8, 4) is 5.75 Å². The highest BCUT2D eigenvalue weighted by atomic mass is 16.5. The molecule has 0 bridgehead atoms. The van der Waals surface area contributed by atoms with E-state index in [4.69, 9.17) is 30.5 Å². The second-order valence-corrected chi connectivity index (χ2v) is 10.5. The molecule has 7 N–H and O–H groups in total. The molecular formula is C33H43N7O7. The lowest BCUT2D eigenvalue weighted by molar-refractivity contribution is 0.0499. The van der Waals surface area contributed by atoms with Crippen LogP contribution < -0.4 is 11.3 Å². The number of nitrogen functional groups attached to an aromatic ring is 1. The summed E-state index contributed by atoms with van der Waals surface area (Å²) < 4.78 is 12.7. The number of aliphatic hydroxyl groups is 3. The molecule has 0 unspecified atom stereocenters. The van der Waals surface area contributed by atoms with Crippen molar-refractivity contribution in [2.24, 2.45) is 0 Å². The van der Waals surface area contributed by atoms with E-state index in [2.05, 4.69) is 87.5 Å². The highest BCUT2D eigenvalue weighted by molar-refractivity contribution is 5.70. The SMILES string of the molecule is CN(C)CCOC(c1ccccc1)c1ccccc1.Cc1ncc(CO)c(CO)c1O.Nc1nc2c(ncn2COCCO)c(=O)[nH]1. The monoisotopic (exact) mass is 649 g/mol. The first-order valence-electron chi connectivity index (χ1n) is 14.8. The summed E-state index contributed by atoms with van der Waals surface area (Å²) in [6, 6.07) is 20.8. The molecule has 5 aromatic rings. The lowest BCUT2D eigenvalue weighted by atomic mass is 10.0. The van der Waals surface area contributed by atoms with Gasteiger partial charge in [-0.3, -0.25) is 19.3 Å². The van der Waals surface area contributed by atoms with Crippen molar-refractivity contribution >= 4 is 17.1 Å². The molecule has 14 heteroatoms. The predicted molar refractivity (Wildman–Crippen MR) is 177 cm³/mol. The number of aromatic amines is 1. The number of imidazole rings is 1. The summed E-state index contributed by atoms with van der Waals surface area (Å²) in [4.78, 5) is 27.6. The van der Waals surface area contributed by atoms with Crippen molar-refractivity contribution in [1.29, 1.82) is 0 Å². The van der Waals surface area contributed by atoms with Gasteiger partial charge in [-0.1, -0.05) is 60.7 Å². The topological polar surface area (TPSA) is 205 Å². The predicted octanol–water partition coefficient (Wildman–Crippen LogP) is 2.10. The molecule has 2 aromatic carbocycles. The second-order valence-electron chi connectivity index (χ2n) is 10.5. The number of aryl methyl sites for hydroxylation is 1. The van der Waals surface area contributed by atoms with E-state index in [1.165, 1.54) is 28.2 Å². The molecule has 0 aliphatic rings. The third-order valence-corrected chi connectivity index (χ3v) is 6.75. The number of H-pyrrole nitrogens is 1. The van der Waals surface area contributed by atoms with Crippen molar-refractivity contribution in [3.63, 3.8) is 0 Å². The van der Waals surface area contributed by atoms with Crippen LogP contribution in [-0.4, -0.2) is 90.3 Å². The van der Waals surface area contributed by atoms with Crippen molar-refractivity contribution in [2.45, 2.75) is 33.0 Å². The Hall–Kier alpha value is -4.70. The van der Waals surface area contributed by atoms with E-state index < -0.39 is 0 Å². The van der Waals surface area contributed by atoms with Gasteiger partial charge in [0.25, 0.3) is 5.56 Å². The average molecular weight is 650 g/mol. The van der Waals surface area contributed by atoms with Gasteiger partial charge in [0, 0.05) is 23.9 Å². The van der Waals surface area contributed by atoms with E-state index in [1.54, 1.807) is 6.92 Å². The molecular weight excluding hydrogens is 606 g/mol. The number of nitrogens with one attached hydrogen (secondary N) is 1. The Balaban J connectivity index is 0.000000197.